The third-order valence-corrected chi connectivity index (χ3v) is 2.49. The van der Waals surface area contributed by atoms with Crippen LogP contribution in [-0.2, 0) is 11.3 Å². The van der Waals surface area contributed by atoms with E-state index in [1.165, 1.54) is 13.8 Å². The van der Waals surface area contributed by atoms with E-state index in [9.17, 15) is 9.59 Å². The lowest BCUT2D eigenvalue weighted by Gasteiger charge is -2.21. The standard InChI is InChI=1S/C12H17N3O3/c1-8-5-4-6-13-9(8)7-14-11(18)15-12(2,3)10(16)17/h4-6H,7H2,1-3H3,(H,16,17)(H2,14,15,18). The maximum absolute atomic E-state index is 11.5. The van der Waals surface area contributed by atoms with Gasteiger partial charge in [0.05, 0.1) is 12.2 Å². The van der Waals surface area contributed by atoms with E-state index in [0.29, 0.717) is 0 Å². The average Bonchev–Trinajstić information content (AvgIpc) is 2.27. The lowest BCUT2D eigenvalue weighted by Crippen LogP contribution is -2.53. The zero-order chi connectivity index (χ0) is 13.8. The van der Waals surface area contributed by atoms with Gasteiger partial charge in [-0.15, -0.1) is 0 Å². The number of carbonyl (C=O) groups is 2. The highest BCUT2D eigenvalue weighted by Gasteiger charge is 2.28. The van der Waals surface area contributed by atoms with Gasteiger partial charge >= 0.3 is 12.0 Å². The van der Waals surface area contributed by atoms with Crippen molar-refractivity contribution in [3.8, 4) is 0 Å². The number of amides is 2. The van der Waals surface area contributed by atoms with Crippen molar-refractivity contribution in [1.29, 1.82) is 0 Å². The third-order valence-electron chi connectivity index (χ3n) is 2.49. The highest BCUT2D eigenvalue weighted by atomic mass is 16.4. The van der Waals surface area contributed by atoms with E-state index in [-0.39, 0.29) is 6.54 Å². The first kappa shape index (κ1) is 14.0. The van der Waals surface area contributed by atoms with Crippen LogP contribution >= 0.6 is 0 Å². The van der Waals surface area contributed by atoms with Crippen molar-refractivity contribution in [3.05, 3.63) is 29.6 Å². The highest BCUT2D eigenvalue weighted by Crippen LogP contribution is 2.03. The molecule has 98 valence electrons. The number of carbonyl (C=O) groups excluding carboxylic acids is 1. The molecular formula is C12H17N3O3. The Kier molecular flexibility index (Phi) is 4.25. The zero-order valence-electron chi connectivity index (χ0n) is 10.7. The highest BCUT2D eigenvalue weighted by molar-refractivity contribution is 5.85. The minimum absolute atomic E-state index is 0.258. The van der Waals surface area contributed by atoms with Gasteiger partial charge in [0.15, 0.2) is 0 Å². The van der Waals surface area contributed by atoms with E-state index in [4.69, 9.17) is 5.11 Å². The number of aryl methyl sites for hydroxylation is 1. The molecule has 0 radical (unpaired) electrons. The Morgan fingerprint density at radius 3 is 2.67 bits per heavy atom. The Bertz CT molecular complexity index is 458. The summed E-state index contributed by atoms with van der Waals surface area (Å²) in [5, 5.41) is 13.8. The van der Waals surface area contributed by atoms with Crippen molar-refractivity contribution >= 4 is 12.0 Å². The largest absolute Gasteiger partial charge is 0.480 e. The Morgan fingerprint density at radius 2 is 2.11 bits per heavy atom. The number of carboxylic acid groups (broad SMARTS) is 1. The number of aromatic nitrogens is 1. The Balaban J connectivity index is 2.53. The summed E-state index contributed by atoms with van der Waals surface area (Å²) >= 11 is 0. The maximum Gasteiger partial charge on any atom is 0.328 e. The minimum Gasteiger partial charge on any atom is -0.480 e. The smallest absolute Gasteiger partial charge is 0.328 e. The van der Waals surface area contributed by atoms with Crippen LogP contribution < -0.4 is 10.6 Å². The number of pyridine rings is 1. The maximum atomic E-state index is 11.5. The lowest BCUT2D eigenvalue weighted by molar-refractivity contribution is -0.142. The predicted octanol–water partition coefficient (Wildman–Crippen LogP) is 1.05. The number of hydrogen-bond donors (Lipinski definition) is 3. The SMILES string of the molecule is Cc1cccnc1CNC(=O)NC(C)(C)C(=O)O. The van der Waals surface area contributed by atoms with Crippen molar-refractivity contribution in [2.75, 3.05) is 0 Å². The van der Waals surface area contributed by atoms with Crippen LogP contribution in [0.3, 0.4) is 0 Å². The van der Waals surface area contributed by atoms with Crippen LogP contribution in [0.1, 0.15) is 25.1 Å². The van der Waals surface area contributed by atoms with Crippen LogP contribution in [0.2, 0.25) is 0 Å². The van der Waals surface area contributed by atoms with E-state index >= 15 is 0 Å². The fourth-order valence-electron chi connectivity index (χ4n) is 1.25. The number of nitrogens with zero attached hydrogens (tertiary/aromatic N) is 1. The lowest BCUT2D eigenvalue weighted by atomic mass is 10.1. The third kappa shape index (κ3) is 3.73. The summed E-state index contributed by atoms with van der Waals surface area (Å²) in [5.74, 6) is -1.09. The van der Waals surface area contributed by atoms with E-state index in [1.807, 2.05) is 19.1 Å². The normalized spacial score (nSPS) is 10.8. The molecule has 0 atom stereocenters. The van der Waals surface area contributed by atoms with Gasteiger partial charge in [0.25, 0.3) is 0 Å². The van der Waals surface area contributed by atoms with Gasteiger partial charge < -0.3 is 15.7 Å². The quantitative estimate of drug-likeness (QED) is 0.746. The van der Waals surface area contributed by atoms with Gasteiger partial charge in [-0.2, -0.15) is 0 Å². The molecule has 1 heterocycles. The molecule has 18 heavy (non-hydrogen) atoms. The van der Waals surface area contributed by atoms with Crippen molar-refractivity contribution in [2.45, 2.75) is 32.9 Å². The van der Waals surface area contributed by atoms with E-state index < -0.39 is 17.5 Å². The molecule has 2 amide bonds. The van der Waals surface area contributed by atoms with E-state index in [2.05, 4.69) is 15.6 Å². The molecule has 1 aromatic rings. The van der Waals surface area contributed by atoms with E-state index in [0.717, 1.165) is 11.3 Å². The van der Waals surface area contributed by atoms with Crippen LogP contribution in [0, 0.1) is 6.92 Å². The monoisotopic (exact) mass is 251 g/mol. The zero-order valence-corrected chi connectivity index (χ0v) is 10.7. The summed E-state index contributed by atoms with van der Waals surface area (Å²) in [6.45, 7) is 4.99. The molecule has 6 nitrogen and oxygen atoms in total. The van der Waals surface area contributed by atoms with Crippen molar-refractivity contribution in [1.82, 2.24) is 15.6 Å². The van der Waals surface area contributed by atoms with Gasteiger partial charge in [-0.1, -0.05) is 6.07 Å². The molecule has 0 spiro atoms. The van der Waals surface area contributed by atoms with Crippen molar-refractivity contribution < 1.29 is 14.7 Å². The van der Waals surface area contributed by atoms with Gasteiger partial charge in [-0.3, -0.25) is 4.98 Å². The molecule has 0 unspecified atom stereocenters. The van der Waals surface area contributed by atoms with Crippen LogP contribution in [0.4, 0.5) is 4.79 Å². The molecule has 0 saturated carbocycles. The first-order chi connectivity index (χ1) is 8.33. The van der Waals surface area contributed by atoms with Gasteiger partial charge in [-0.25, -0.2) is 9.59 Å². The molecule has 0 saturated heterocycles. The molecule has 0 fully saturated rings. The first-order valence-electron chi connectivity index (χ1n) is 5.53. The minimum atomic E-state index is -1.30. The van der Waals surface area contributed by atoms with Gasteiger partial charge in [0.2, 0.25) is 0 Å². The Labute approximate surface area is 105 Å². The average molecular weight is 251 g/mol. The molecular weight excluding hydrogens is 234 g/mol. The molecule has 0 aromatic carbocycles. The topological polar surface area (TPSA) is 91.3 Å². The second kappa shape index (κ2) is 5.48. The number of hydrogen-bond acceptors (Lipinski definition) is 3. The van der Waals surface area contributed by atoms with Gasteiger partial charge in [0, 0.05) is 6.20 Å². The molecule has 0 aliphatic carbocycles. The van der Waals surface area contributed by atoms with Crippen molar-refractivity contribution in [3.63, 3.8) is 0 Å². The number of nitrogens with one attached hydrogen (secondary N) is 2. The summed E-state index contributed by atoms with van der Waals surface area (Å²) in [6, 6.07) is 3.17. The van der Waals surface area contributed by atoms with Crippen LogP contribution in [-0.4, -0.2) is 27.6 Å². The van der Waals surface area contributed by atoms with Gasteiger partial charge in [0.1, 0.15) is 5.54 Å². The molecule has 0 aliphatic heterocycles. The summed E-state index contributed by atoms with van der Waals surface area (Å²) in [5.41, 5.74) is 0.416. The van der Waals surface area contributed by atoms with Crippen molar-refractivity contribution in [2.24, 2.45) is 0 Å². The number of urea groups is 1. The summed E-state index contributed by atoms with van der Waals surface area (Å²) in [6.07, 6.45) is 1.64. The van der Waals surface area contributed by atoms with Crippen LogP contribution in [0.15, 0.2) is 18.3 Å². The van der Waals surface area contributed by atoms with E-state index in [1.54, 1.807) is 6.20 Å². The molecule has 1 rings (SSSR count). The number of aliphatic carboxylic acids is 1. The molecule has 6 heteroatoms. The van der Waals surface area contributed by atoms with Crippen LogP contribution in [0.25, 0.3) is 0 Å². The first-order valence-corrected chi connectivity index (χ1v) is 5.53. The molecule has 0 aliphatic rings. The van der Waals surface area contributed by atoms with Crippen LogP contribution in [0.5, 0.6) is 0 Å². The number of rotatable bonds is 4. The number of carboxylic acids is 1. The fraction of sp³-hybridized carbons (Fsp3) is 0.417. The molecule has 3 N–H and O–H groups in total. The fourth-order valence-corrected chi connectivity index (χ4v) is 1.25. The molecule has 1 aromatic heterocycles. The summed E-state index contributed by atoms with van der Waals surface area (Å²) in [7, 11) is 0. The van der Waals surface area contributed by atoms with Gasteiger partial charge in [-0.05, 0) is 32.4 Å². The Morgan fingerprint density at radius 1 is 1.44 bits per heavy atom. The summed E-state index contributed by atoms with van der Waals surface area (Å²) in [4.78, 5) is 26.5. The summed E-state index contributed by atoms with van der Waals surface area (Å²) < 4.78 is 0. The second-order valence-electron chi connectivity index (χ2n) is 4.50. The Hall–Kier alpha value is -2.11. The predicted molar refractivity (Wildman–Crippen MR) is 66.1 cm³/mol. The molecule has 0 bridgehead atoms. The second-order valence-corrected chi connectivity index (χ2v) is 4.50.